The van der Waals surface area contributed by atoms with Crippen LogP contribution >= 0.6 is 11.6 Å². The highest BCUT2D eigenvalue weighted by Crippen LogP contribution is 2.22. The summed E-state index contributed by atoms with van der Waals surface area (Å²) in [5.74, 6) is -0.333. The molecule has 0 aliphatic heterocycles. The number of pyridine rings is 1. The number of rotatable bonds is 6. The highest BCUT2D eigenvalue weighted by molar-refractivity contribution is 6.33. The van der Waals surface area contributed by atoms with E-state index in [9.17, 15) is 18.0 Å². The van der Waals surface area contributed by atoms with Crippen molar-refractivity contribution < 1.29 is 18.0 Å². The number of nitrogens with zero attached hydrogens (tertiary/aromatic N) is 2. The third kappa shape index (κ3) is 5.41. The minimum atomic E-state index is -4.44. The van der Waals surface area contributed by atoms with Gasteiger partial charge in [-0.25, -0.2) is 4.98 Å². The van der Waals surface area contributed by atoms with Crippen LogP contribution in [0.2, 0.25) is 5.02 Å². The van der Waals surface area contributed by atoms with Crippen molar-refractivity contribution in [2.75, 3.05) is 25.0 Å². The summed E-state index contributed by atoms with van der Waals surface area (Å²) in [7, 11) is 0. The van der Waals surface area contributed by atoms with E-state index < -0.39 is 18.6 Å². The molecule has 1 aromatic rings. The van der Waals surface area contributed by atoms with Crippen LogP contribution in [0.15, 0.2) is 12.3 Å². The highest BCUT2D eigenvalue weighted by Gasteiger charge is 2.32. The molecule has 0 aliphatic carbocycles. The SMILES string of the molecule is CCCNc1ncc(C(=O)N(CC)CC(F)(F)F)cc1Cl. The Hall–Kier alpha value is -1.50. The molecule has 8 heteroatoms. The average Bonchev–Trinajstić information content (AvgIpc) is 2.41. The molecule has 0 bridgehead atoms. The number of alkyl halides is 3. The average molecular weight is 324 g/mol. The van der Waals surface area contributed by atoms with E-state index in [0.717, 1.165) is 6.42 Å². The Balaban J connectivity index is 2.89. The fraction of sp³-hybridized carbons (Fsp3) is 0.538. The van der Waals surface area contributed by atoms with Crippen LogP contribution in [0.25, 0.3) is 0 Å². The molecule has 0 saturated carbocycles. The summed E-state index contributed by atoms with van der Waals surface area (Å²) in [5.41, 5.74) is 0.0353. The van der Waals surface area contributed by atoms with E-state index in [0.29, 0.717) is 17.3 Å². The van der Waals surface area contributed by atoms with Crippen molar-refractivity contribution in [1.82, 2.24) is 9.88 Å². The Morgan fingerprint density at radius 2 is 2.10 bits per heavy atom. The van der Waals surface area contributed by atoms with Gasteiger partial charge in [-0.3, -0.25) is 4.79 Å². The predicted octanol–water partition coefficient (Wildman–Crippen LogP) is 3.58. The summed E-state index contributed by atoms with van der Waals surface area (Å²) in [4.78, 5) is 16.7. The number of carbonyl (C=O) groups excluding carboxylic acids is 1. The summed E-state index contributed by atoms with van der Waals surface area (Å²) in [6.45, 7) is 2.77. The second kappa shape index (κ2) is 7.49. The molecular formula is C13H17ClF3N3O. The molecule has 1 amide bonds. The normalized spacial score (nSPS) is 11.3. The quantitative estimate of drug-likeness (QED) is 0.870. The van der Waals surface area contributed by atoms with Crippen molar-refractivity contribution in [2.24, 2.45) is 0 Å². The maximum atomic E-state index is 12.4. The lowest BCUT2D eigenvalue weighted by Crippen LogP contribution is -2.38. The van der Waals surface area contributed by atoms with Gasteiger partial charge in [0, 0.05) is 19.3 Å². The lowest BCUT2D eigenvalue weighted by atomic mass is 10.2. The molecule has 0 spiro atoms. The van der Waals surface area contributed by atoms with E-state index in [2.05, 4.69) is 10.3 Å². The summed E-state index contributed by atoms with van der Waals surface area (Å²) in [6, 6.07) is 1.33. The number of carbonyl (C=O) groups is 1. The molecule has 1 N–H and O–H groups in total. The Labute approximate surface area is 126 Å². The van der Waals surface area contributed by atoms with Gasteiger partial charge in [0.2, 0.25) is 0 Å². The molecule has 0 aromatic carbocycles. The zero-order valence-corrected chi connectivity index (χ0v) is 12.6. The smallest absolute Gasteiger partial charge is 0.369 e. The fourth-order valence-electron chi connectivity index (χ4n) is 1.65. The van der Waals surface area contributed by atoms with Crippen LogP contribution in [0.4, 0.5) is 19.0 Å². The number of hydrogen-bond donors (Lipinski definition) is 1. The van der Waals surface area contributed by atoms with E-state index in [1.165, 1.54) is 19.2 Å². The van der Waals surface area contributed by atoms with E-state index in [-0.39, 0.29) is 17.1 Å². The maximum absolute atomic E-state index is 12.4. The van der Waals surface area contributed by atoms with E-state index in [1.54, 1.807) is 0 Å². The largest absolute Gasteiger partial charge is 0.406 e. The number of halogens is 4. The van der Waals surface area contributed by atoms with Gasteiger partial charge in [0.15, 0.2) is 0 Å². The second-order valence-corrected chi connectivity index (χ2v) is 4.82. The van der Waals surface area contributed by atoms with Crippen molar-refractivity contribution >= 4 is 23.3 Å². The third-order valence-corrected chi connectivity index (χ3v) is 2.96. The predicted molar refractivity (Wildman–Crippen MR) is 75.7 cm³/mol. The molecule has 0 atom stereocenters. The van der Waals surface area contributed by atoms with Gasteiger partial charge in [0.25, 0.3) is 5.91 Å². The Morgan fingerprint density at radius 1 is 1.43 bits per heavy atom. The first-order valence-corrected chi connectivity index (χ1v) is 6.91. The van der Waals surface area contributed by atoms with Gasteiger partial charge in [0.1, 0.15) is 12.4 Å². The van der Waals surface area contributed by atoms with Gasteiger partial charge in [0.05, 0.1) is 10.6 Å². The first kappa shape index (κ1) is 17.6. The minimum Gasteiger partial charge on any atom is -0.369 e. The fourth-order valence-corrected chi connectivity index (χ4v) is 1.89. The van der Waals surface area contributed by atoms with Gasteiger partial charge in [-0.15, -0.1) is 0 Å². The van der Waals surface area contributed by atoms with Crippen LogP contribution in [0.3, 0.4) is 0 Å². The van der Waals surface area contributed by atoms with E-state index in [1.807, 2.05) is 6.92 Å². The van der Waals surface area contributed by atoms with Crippen molar-refractivity contribution in [3.05, 3.63) is 22.8 Å². The molecule has 0 radical (unpaired) electrons. The number of amides is 1. The van der Waals surface area contributed by atoms with Gasteiger partial charge in [-0.2, -0.15) is 13.2 Å². The molecule has 0 unspecified atom stereocenters. The zero-order valence-electron chi connectivity index (χ0n) is 11.8. The first-order chi connectivity index (χ1) is 9.78. The maximum Gasteiger partial charge on any atom is 0.406 e. The molecular weight excluding hydrogens is 307 g/mol. The number of anilines is 1. The molecule has 0 saturated heterocycles. The molecule has 118 valence electrons. The van der Waals surface area contributed by atoms with E-state index in [4.69, 9.17) is 11.6 Å². The summed E-state index contributed by atoms with van der Waals surface area (Å²) < 4.78 is 37.2. The summed E-state index contributed by atoms with van der Waals surface area (Å²) in [5, 5.41) is 3.17. The monoisotopic (exact) mass is 323 g/mol. The van der Waals surface area contributed by atoms with Gasteiger partial charge in [-0.1, -0.05) is 18.5 Å². The lowest BCUT2D eigenvalue weighted by molar-refractivity contribution is -0.140. The molecule has 21 heavy (non-hydrogen) atoms. The van der Waals surface area contributed by atoms with Crippen LogP contribution in [-0.2, 0) is 0 Å². The van der Waals surface area contributed by atoms with Crippen molar-refractivity contribution in [1.29, 1.82) is 0 Å². The lowest BCUT2D eigenvalue weighted by Gasteiger charge is -2.22. The molecule has 0 aliphatic rings. The number of hydrogen-bond acceptors (Lipinski definition) is 3. The zero-order chi connectivity index (χ0) is 16.0. The van der Waals surface area contributed by atoms with Crippen LogP contribution in [0.1, 0.15) is 30.6 Å². The van der Waals surface area contributed by atoms with E-state index >= 15 is 0 Å². The molecule has 1 aromatic heterocycles. The summed E-state index contributed by atoms with van der Waals surface area (Å²) >= 11 is 5.97. The van der Waals surface area contributed by atoms with Crippen molar-refractivity contribution in [3.63, 3.8) is 0 Å². The summed E-state index contributed by atoms with van der Waals surface area (Å²) in [6.07, 6.45) is -2.34. The Bertz CT molecular complexity index is 494. The molecule has 1 heterocycles. The third-order valence-electron chi connectivity index (χ3n) is 2.67. The Morgan fingerprint density at radius 3 is 2.57 bits per heavy atom. The van der Waals surface area contributed by atoms with Gasteiger partial charge >= 0.3 is 6.18 Å². The van der Waals surface area contributed by atoms with Crippen LogP contribution in [-0.4, -0.2) is 41.6 Å². The first-order valence-electron chi connectivity index (χ1n) is 6.54. The molecule has 4 nitrogen and oxygen atoms in total. The second-order valence-electron chi connectivity index (χ2n) is 4.42. The topological polar surface area (TPSA) is 45.2 Å². The van der Waals surface area contributed by atoms with Gasteiger partial charge < -0.3 is 10.2 Å². The van der Waals surface area contributed by atoms with Gasteiger partial charge in [-0.05, 0) is 19.4 Å². The van der Waals surface area contributed by atoms with Crippen LogP contribution < -0.4 is 5.32 Å². The highest BCUT2D eigenvalue weighted by atomic mass is 35.5. The Kier molecular flexibility index (Phi) is 6.26. The van der Waals surface area contributed by atoms with Crippen molar-refractivity contribution in [2.45, 2.75) is 26.4 Å². The van der Waals surface area contributed by atoms with Crippen LogP contribution in [0.5, 0.6) is 0 Å². The molecule has 0 fully saturated rings. The number of nitrogens with one attached hydrogen (secondary N) is 1. The molecule has 1 rings (SSSR count). The van der Waals surface area contributed by atoms with Crippen molar-refractivity contribution in [3.8, 4) is 0 Å². The number of aromatic nitrogens is 1. The van der Waals surface area contributed by atoms with Crippen LogP contribution in [0, 0.1) is 0 Å². The standard InChI is InChI=1S/C13H17ClF3N3O/c1-3-5-18-11-10(14)6-9(7-19-11)12(21)20(4-2)8-13(15,16)17/h6-7H,3-5,8H2,1-2H3,(H,18,19). The minimum absolute atomic E-state index is 0.0353.